The summed E-state index contributed by atoms with van der Waals surface area (Å²) in [5.74, 6) is 0.825. The monoisotopic (exact) mass is 305 g/mol. The lowest BCUT2D eigenvalue weighted by Crippen LogP contribution is -2.07. The van der Waals surface area contributed by atoms with Crippen molar-refractivity contribution >= 4 is 39.9 Å². The number of nitrogen functional groups attached to an aromatic ring is 1. The Kier molecular flexibility index (Phi) is 3.41. The number of benzene rings is 1. The molecule has 0 aliphatic carbocycles. The summed E-state index contributed by atoms with van der Waals surface area (Å²) in [6.07, 6.45) is 2.19. The quantitative estimate of drug-likeness (QED) is 0.719. The first kappa shape index (κ1) is 13.1. The summed E-state index contributed by atoms with van der Waals surface area (Å²) in [4.78, 5) is 23.6. The molecule has 0 aliphatic heterocycles. The van der Waals surface area contributed by atoms with E-state index in [0.717, 1.165) is 21.5 Å². The minimum atomic E-state index is -0.192. The zero-order valence-electron chi connectivity index (χ0n) is 10.6. The standard InChI is InChI=1S/C12H11N5OS2/c1-2-10-16-12(20-17-10)19-9-4-8-6(3-7(9)13)11(18)15-5-14-8/h3-5H,2,13H2,1H3,(H,14,15,18). The molecule has 2 heterocycles. The summed E-state index contributed by atoms with van der Waals surface area (Å²) in [5.41, 5.74) is 6.96. The third kappa shape index (κ3) is 2.39. The molecule has 0 unspecified atom stereocenters. The minimum Gasteiger partial charge on any atom is -0.398 e. The molecule has 0 bridgehead atoms. The molecule has 6 nitrogen and oxygen atoms in total. The molecule has 2 aromatic heterocycles. The fraction of sp³-hybridized carbons (Fsp3) is 0.167. The van der Waals surface area contributed by atoms with Crippen LogP contribution in [0.3, 0.4) is 0 Å². The van der Waals surface area contributed by atoms with Crippen molar-refractivity contribution in [2.24, 2.45) is 0 Å². The number of fused-ring (bicyclic) bond motifs is 1. The molecule has 0 spiro atoms. The zero-order valence-corrected chi connectivity index (χ0v) is 12.2. The van der Waals surface area contributed by atoms with Crippen LogP contribution < -0.4 is 11.3 Å². The number of aromatic amines is 1. The van der Waals surface area contributed by atoms with Crippen LogP contribution in [0.1, 0.15) is 12.7 Å². The first-order valence-corrected chi connectivity index (χ1v) is 7.53. The highest BCUT2D eigenvalue weighted by molar-refractivity contribution is 8.01. The molecular weight excluding hydrogens is 294 g/mol. The van der Waals surface area contributed by atoms with Crippen molar-refractivity contribution in [3.05, 3.63) is 34.6 Å². The van der Waals surface area contributed by atoms with Crippen LogP contribution in [0, 0.1) is 0 Å². The van der Waals surface area contributed by atoms with Crippen molar-refractivity contribution in [3.8, 4) is 0 Å². The number of nitrogens with one attached hydrogen (secondary N) is 1. The van der Waals surface area contributed by atoms with Gasteiger partial charge in [0.25, 0.3) is 5.56 Å². The Hall–Kier alpha value is -1.93. The highest BCUT2D eigenvalue weighted by Crippen LogP contribution is 2.34. The second-order valence-corrected chi connectivity index (χ2v) is 6.11. The highest BCUT2D eigenvalue weighted by atomic mass is 32.2. The fourth-order valence-corrected chi connectivity index (χ4v) is 3.43. The Morgan fingerprint density at radius 2 is 2.30 bits per heavy atom. The van der Waals surface area contributed by atoms with Gasteiger partial charge in [-0.15, -0.1) is 0 Å². The molecule has 102 valence electrons. The van der Waals surface area contributed by atoms with Crippen molar-refractivity contribution in [2.75, 3.05) is 5.73 Å². The van der Waals surface area contributed by atoms with Gasteiger partial charge in [-0.2, -0.15) is 4.37 Å². The summed E-state index contributed by atoms with van der Waals surface area (Å²) >= 11 is 2.78. The minimum absolute atomic E-state index is 0.192. The van der Waals surface area contributed by atoms with Crippen molar-refractivity contribution in [2.45, 2.75) is 22.6 Å². The maximum Gasteiger partial charge on any atom is 0.258 e. The Morgan fingerprint density at radius 1 is 1.45 bits per heavy atom. The van der Waals surface area contributed by atoms with Crippen molar-refractivity contribution in [3.63, 3.8) is 0 Å². The topological polar surface area (TPSA) is 97.5 Å². The molecule has 1 aromatic carbocycles. The van der Waals surface area contributed by atoms with Crippen LogP contribution in [0.25, 0.3) is 10.9 Å². The molecule has 20 heavy (non-hydrogen) atoms. The molecule has 0 amide bonds. The van der Waals surface area contributed by atoms with E-state index in [1.807, 2.05) is 6.92 Å². The number of rotatable bonds is 3. The lowest BCUT2D eigenvalue weighted by molar-refractivity contribution is 0.971. The first-order valence-electron chi connectivity index (χ1n) is 5.94. The van der Waals surface area contributed by atoms with Gasteiger partial charge in [0.2, 0.25) is 0 Å². The van der Waals surface area contributed by atoms with Gasteiger partial charge in [-0.1, -0.05) is 18.7 Å². The van der Waals surface area contributed by atoms with Gasteiger partial charge in [0.15, 0.2) is 4.34 Å². The zero-order chi connectivity index (χ0) is 14.1. The van der Waals surface area contributed by atoms with E-state index in [9.17, 15) is 4.79 Å². The van der Waals surface area contributed by atoms with Gasteiger partial charge in [0.05, 0.1) is 17.2 Å². The van der Waals surface area contributed by atoms with Gasteiger partial charge in [0, 0.05) is 17.0 Å². The van der Waals surface area contributed by atoms with Crippen LogP contribution in [0.5, 0.6) is 0 Å². The molecule has 8 heteroatoms. The van der Waals surface area contributed by atoms with Gasteiger partial charge >= 0.3 is 0 Å². The highest BCUT2D eigenvalue weighted by Gasteiger charge is 2.10. The summed E-state index contributed by atoms with van der Waals surface area (Å²) in [6.45, 7) is 2.01. The predicted octanol–water partition coefficient (Wildman–Crippen LogP) is 2.07. The fourth-order valence-electron chi connectivity index (χ4n) is 1.72. The van der Waals surface area contributed by atoms with Crippen molar-refractivity contribution in [1.82, 2.24) is 19.3 Å². The number of nitrogens with zero attached hydrogens (tertiary/aromatic N) is 3. The van der Waals surface area contributed by atoms with E-state index < -0.39 is 0 Å². The van der Waals surface area contributed by atoms with E-state index in [-0.39, 0.29) is 5.56 Å². The number of aryl methyl sites for hydroxylation is 1. The summed E-state index contributed by atoms with van der Waals surface area (Å²) in [5, 5.41) is 0.487. The molecular formula is C12H11N5OS2. The van der Waals surface area contributed by atoms with Crippen LogP contribution in [0.4, 0.5) is 5.69 Å². The summed E-state index contributed by atoms with van der Waals surface area (Å²) in [7, 11) is 0. The van der Waals surface area contributed by atoms with E-state index >= 15 is 0 Å². The number of nitrogens with two attached hydrogens (primary N) is 1. The van der Waals surface area contributed by atoms with E-state index in [1.165, 1.54) is 29.6 Å². The lowest BCUT2D eigenvalue weighted by Gasteiger charge is -2.04. The first-order chi connectivity index (χ1) is 9.67. The third-order valence-corrected chi connectivity index (χ3v) is 4.60. The molecule has 3 rings (SSSR count). The Labute approximate surface area is 122 Å². The molecule has 0 saturated carbocycles. The van der Waals surface area contributed by atoms with Gasteiger partial charge in [0.1, 0.15) is 5.82 Å². The number of hydrogen-bond acceptors (Lipinski definition) is 7. The molecule has 0 atom stereocenters. The second kappa shape index (κ2) is 5.22. The average molecular weight is 305 g/mol. The van der Waals surface area contributed by atoms with Crippen molar-refractivity contribution < 1.29 is 0 Å². The van der Waals surface area contributed by atoms with Crippen LogP contribution in [-0.2, 0) is 6.42 Å². The molecule has 3 N–H and O–H groups in total. The van der Waals surface area contributed by atoms with E-state index in [0.29, 0.717) is 16.6 Å². The summed E-state index contributed by atoms with van der Waals surface area (Å²) in [6, 6.07) is 3.45. The lowest BCUT2D eigenvalue weighted by atomic mass is 10.2. The predicted molar refractivity (Wildman–Crippen MR) is 80.2 cm³/mol. The third-order valence-electron chi connectivity index (χ3n) is 2.73. The number of aromatic nitrogens is 4. The van der Waals surface area contributed by atoms with Gasteiger partial charge in [-0.3, -0.25) is 4.79 Å². The Bertz CT molecular complexity index is 826. The molecule has 0 radical (unpaired) electrons. The van der Waals surface area contributed by atoms with E-state index in [2.05, 4.69) is 19.3 Å². The van der Waals surface area contributed by atoms with Gasteiger partial charge in [-0.25, -0.2) is 9.97 Å². The molecule has 0 aliphatic rings. The average Bonchev–Trinajstić information content (AvgIpc) is 2.89. The number of anilines is 1. The largest absolute Gasteiger partial charge is 0.398 e. The maximum absolute atomic E-state index is 11.7. The summed E-state index contributed by atoms with van der Waals surface area (Å²) < 4.78 is 5.07. The van der Waals surface area contributed by atoms with E-state index in [4.69, 9.17) is 5.73 Å². The van der Waals surface area contributed by atoms with Crippen LogP contribution >= 0.6 is 23.3 Å². The van der Waals surface area contributed by atoms with Gasteiger partial charge in [-0.05, 0) is 23.7 Å². The van der Waals surface area contributed by atoms with E-state index in [1.54, 1.807) is 12.1 Å². The second-order valence-electron chi connectivity index (χ2n) is 4.07. The normalized spacial score (nSPS) is 11.1. The van der Waals surface area contributed by atoms with Crippen LogP contribution in [-0.4, -0.2) is 19.3 Å². The molecule has 3 aromatic rings. The SMILES string of the molecule is CCc1nsc(Sc2cc3nc[nH]c(=O)c3cc2N)n1. The number of H-pyrrole nitrogens is 1. The Balaban J connectivity index is 2.03. The molecule has 0 saturated heterocycles. The van der Waals surface area contributed by atoms with Crippen LogP contribution in [0.2, 0.25) is 0 Å². The van der Waals surface area contributed by atoms with Gasteiger partial charge < -0.3 is 10.7 Å². The Morgan fingerprint density at radius 3 is 3.05 bits per heavy atom. The maximum atomic E-state index is 11.7. The van der Waals surface area contributed by atoms with Crippen molar-refractivity contribution in [1.29, 1.82) is 0 Å². The number of hydrogen-bond donors (Lipinski definition) is 2. The molecule has 0 fully saturated rings. The van der Waals surface area contributed by atoms with Crippen LogP contribution in [0.15, 0.2) is 32.5 Å². The smallest absolute Gasteiger partial charge is 0.258 e.